The van der Waals surface area contributed by atoms with E-state index in [0.29, 0.717) is 17.5 Å². The fourth-order valence-electron chi connectivity index (χ4n) is 2.99. The van der Waals surface area contributed by atoms with Gasteiger partial charge in [0.15, 0.2) is 0 Å². The number of nitrogens with two attached hydrogens (primary N) is 1. The van der Waals surface area contributed by atoms with Crippen LogP contribution in [0.3, 0.4) is 0 Å². The third kappa shape index (κ3) is 2.57. The Hall–Kier alpha value is -1.60. The van der Waals surface area contributed by atoms with Crippen LogP contribution in [0.4, 0.5) is 0 Å². The van der Waals surface area contributed by atoms with Gasteiger partial charge in [0, 0.05) is 11.7 Å². The molecule has 19 heavy (non-hydrogen) atoms. The van der Waals surface area contributed by atoms with E-state index in [1.54, 1.807) is 0 Å². The quantitative estimate of drug-likeness (QED) is 0.880. The molecule has 1 aromatic heterocycles. The zero-order valence-corrected chi connectivity index (χ0v) is 11.1. The molecular weight excluding hydrogens is 238 g/mol. The zero-order chi connectivity index (χ0) is 13.2. The van der Waals surface area contributed by atoms with E-state index in [1.807, 2.05) is 6.07 Å². The van der Waals surface area contributed by atoms with Crippen molar-refractivity contribution in [3.8, 4) is 11.9 Å². The van der Waals surface area contributed by atoms with Crippen molar-refractivity contribution in [2.24, 2.45) is 5.73 Å². The fraction of sp³-hybridized carbons (Fsp3) is 0.600. The molecule has 2 N–H and O–H groups in total. The molecule has 0 aliphatic heterocycles. The molecule has 0 radical (unpaired) electrons. The van der Waals surface area contributed by atoms with E-state index in [4.69, 9.17) is 10.5 Å². The van der Waals surface area contributed by atoms with Crippen molar-refractivity contribution in [2.75, 3.05) is 0 Å². The molecule has 4 heteroatoms. The minimum absolute atomic E-state index is 0.166. The van der Waals surface area contributed by atoms with Crippen molar-refractivity contribution in [1.29, 1.82) is 5.26 Å². The monoisotopic (exact) mass is 257 g/mol. The second-order valence-corrected chi connectivity index (χ2v) is 5.57. The fourth-order valence-corrected chi connectivity index (χ4v) is 2.99. The van der Waals surface area contributed by atoms with E-state index >= 15 is 0 Å². The largest absolute Gasteiger partial charge is 0.473 e. The van der Waals surface area contributed by atoms with Crippen molar-refractivity contribution in [1.82, 2.24) is 4.98 Å². The SMILES string of the molecule is N#Cc1cc2c(nc1OC1CCC(N)CC1)CCC2. The Balaban J connectivity index is 1.79. The summed E-state index contributed by atoms with van der Waals surface area (Å²) >= 11 is 0. The first-order valence-electron chi connectivity index (χ1n) is 7.11. The maximum absolute atomic E-state index is 9.23. The lowest BCUT2D eigenvalue weighted by atomic mass is 9.94. The Morgan fingerprint density at radius 2 is 2.05 bits per heavy atom. The summed E-state index contributed by atoms with van der Waals surface area (Å²) in [4.78, 5) is 4.56. The van der Waals surface area contributed by atoms with Gasteiger partial charge in [0.2, 0.25) is 5.88 Å². The van der Waals surface area contributed by atoms with Gasteiger partial charge in [-0.3, -0.25) is 0 Å². The third-order valence-corrected chi connectivity index (χ3v) is 4.13. The van der Waals surface area contributed by atoms with Crippen molar-refractivity contribution < 1.29 is 4.74 Å². The summed E-state index contributed by atoms with van der Waals surface area (Å²) in [6, 6.07) is 4.48. The van der Waals surface area contributed by atoms with E-state index in [1.165, 1.54) is 5.56 Å². The number of ether oxygens (including phenoxy) is 1. The lowest BCUT2D eigenvalue weighted by Crippen LogP contribution is -2.32. The molecule has 1 saturated carbocycles. The molecule has 0 unspecified atom stereocenters. The number of hydrogen-bond donors (Lipinski definition) is 1. The Bertz CT molecular complexity index is 513. The predicted octanol–water partition coefficient (Wildman–Crippen LogP) is 2.09. The second kappa shape index (κ2) is 5.18. The normalized spacial score (nSPS) is 25.7. The number of nitrogens with zero attached hydrogens (tertiary/aromatic N) is 2. The number of rotatable bonds is 2. The third-order valence-electron chi connectivity index (χ3n) is 4.13. The molecule has 2 aliphatic carbocycles. The molecule has 3 rings (SSSR count). The van der Waals surface area contributed by atoms with E-state index in [2.05, 4.69) is 11.1 Å². The van der Waals surface area contributed by atoms with Crippen LogP contribution in [0, 0.1) is 11.3 Å². The molecule has 1 fully saturated rings. The maximum atomic E-state index is 9.23. The van der Waals surface area contributed by atoms with Crippen molar-refractivity contribution in [3.05, 3.63) is 22.9 Å². The number of nitriles is 1. The van der Waals surface area contributed by atoms with Crippen LogP contribution in [0.15, 0.2) is 6.07 Å². The number of pyridine rings is 1. The van der Waals surface area contributed by atoms with Crippen molar-refractivity contribution in [2.45, 2.75) is 57.1 Å². The predicted molar refractivity (Wildman–Crippen MR) is 71.8 cm³/mol. The van der Waals surface area contributed by atoms with E-state index in [9.17, 15) is 5.26 Å². The molecule has 0 saturated heterocycles. The van der Waals surface area contributed by atoms with Gasteiger partial charge in [0.1, 0.15) is 17.7 Å². The molecule has 100 valence electrons. The summed E-state index contributed by atoms with van der Waals surface area (Å²) in [5.41, 5.74) is 8.81. The standard InChI is InChI=1S/C15H19N3O/c16-9-11-8-10-2-1-3-14(10)18-15(11)19-13-6-4-12(17)5-7-13/h8,12-13H,1-7,17H2. The van der Waals surface area contributed by atoms with Crippen molar-refractivity contribution >= 4 is 0 Å². The van der Waals surface area contributed by atoms with Gasteiger partial charge in [0.25, 0.3) is 0 Å². The molecule has 0 spiro atoms. The van der Waals surface area contributed by atoms with Gasteiger partial charge in [-0.25, -0.2) is 4.98 Å². The van der Waals surface area contributed by atoms with Gasteiger partial charge in [-0.15, -0.1) is 0 Å². The van der Waals surface area contributed by atoms with Crippen LogP contribution < -0.4 is 10.5 Å². The van der Waals surface area contributed by atoms with E-state index in [0.717, 1.165) is 50.6 Å². The molecule has 1 heterocycles. The molecule has 4 nitrogen and oxygen atoms in total. The van der Waals surface area contributed by atoms with Gasteiger partial charge in [0.05, 0.1) is 0 Å². The van der Waals surface area contributed by atoms with Crippen LogP contribution in [0.5, 0.6) is 5.88 Å². The Labute approximate surface area is 113 Å². The van der Waals surface area contributed by atoms with Gasteiger partial charge in [-0.05, 0) is 56.6 Å². The summed E-state index contributed by atoms with van der Waals surface area (Å²) in [5.74, 6) is 0.531. The first-order chi connectivity index (χ1) is 9.26. The molecule has 0 amide bonds. The number of aryl methyl sites for hydroxylation is 2. The number of aromatic nitrogens is 1. The van der Waals surface area contributed by atoms with Gasteiger partial charge >= 0.3 is 0 Å². The molecule has 0 aromatic carbocycles. The molecule has 1 aromatic rings. The average molecular weight is 257 g/mol. The highest BCUT2D eigenvalue weighted by atomic mass is 16.5. The van der Waals surface area contributed by atoms with Crippen LogP contribution in [-0.4, -0.2) is 17.1 Å². The smallest absolute Gasteiger partial charge is 0.232 e. The first kappa shape index (κ1) is 12.4. The lowest BCUT2D eigenvalue weighted by molar-refractivity contribution is 0.140. The summed E-state index contributed by atoms with van der Waals surface area (Å²) in [6.07, 6.45) is 7.26. The maximum Gasteiger partial charge on any atom is 0.232 e. The second-order valence-electron chi connectivity index (χ2n) is 5.57. The van der Waals surface area contributed by atoms with Crippen molar-refractivity contribution in [3.63, 3.8) is 0 Å². The lowest BCUT2D eigenvalue weighted by Gasteiger charge is -2.26. The number of hydrogen-bond acceptors (Lipinski definition) is 4. The summed E-state index contributed by atoms with van der Waals surface area (Å²) < 4.78 is 5.96. The van der Waals surface area contributed by atoms with Gasteiger partial charge < -0.3 is 10.5 Å². The van der Waals surface area contributed by atoms with Crippen LogP contribution in [-0.2, 0) is 12.8 Å². The molecule has 2 aliphatic rings. The van der Waals surface area contributed by atoms with Gasteiger partial charge in [-0.2, -0.15) is 5.26 Å². The first-order valence-corrected chi connectivity index (χ1v) is 7.11. The Morgan fingerprint density at radius 1 is 1.26 bits per heavy atom. The van der Waals surface area contributed by atoms with Crippen LogP contribution in [0.1, 0.15) is 48.9 Å². The zero-order valence-electron chi connectivity index (χ0n) is 11.1. The minimum atomic E-state index is 0.166. The van der Waals surface area contributed by atoms with E-state index in [-0.39, 0.29) is 6.10 Å². The molecular formula is C15H19N3O. The highest BCUT2D eigenvalue weighted by molar-refractivity contribution is 5.44. The van der Waals surface area contributed by atoms with E-state index < -0.39 is 0 Å². The summed E-state index contributed by atoms with van der Waals surface area (Å²) in [7, 11) is 0. The van der Waals surface area contributed by atoms with Crippen LogP contribution in [0.2, 0.25) is 0 Å². The topological polar surface area (TPSA) is 71.9 Å². The summed E-state index contributed by atoms with van der Waals surface area (Å²) in [6.45, 7) is 0. The highest BCUT2D eigenvalue weighted by Crippen LogP contribution is 2.29. The highest BCUT2D eigenvalue weighted by Gasteiger charge is 2.23. The molecule has 0 atom stereocenters. The average Bonchev–Trinajstić information content (AvgIpc) is 2.87. The Morgan fingerprint density at radius 3 is 2.79 bits per heavy atom. The van der Waals surface area contributed by atoms with Crippen LogP contribution >= 0.6 is 0 Å². The molecule has 0 bridgehead atoms. The Kier molecular flexibility index (Phi) is 3.39. The number of fused-ring (bicyclic) bond motifs is 1. The minimum Gasteiger partial charge on any atom is -0.473 e. The summed E-state index contributed by atoms with van der Waals surface area (Å²) in [5, 5.41) is 9.23. The van der Waals surface area contributed by atoms with Crippen LogP contribution in [0.25, 0.3) is 0 Å². The van der Waals surface area contributed by atoms with Gasteiger partial charge in [-0.1, -0.05) is 0 Å².